The molecule has 0 saturated heterocycles. The van der Waals surface area contributed by atoms with Crippen molar-refractivity contribution in [1.29, 1.82) is 0 Å². The van der Waals surface area contributed by atoms with Gasteiger partial charge in [0, 0.05) is 80.7 Å². The van der Waals surface area contributed by atoms with E-state index in [1.807, 2.05) is 72.8 Å². The number of hydrogen-bond acceptors (Lipinski definition) is 36. The number of carbonyl (C=O) groups is 4. The van der Waals surface area contributed by atoms with Crippen molar-refractivity contribution in [3.63, 3.8) is 0 Å². The number of hydrogen-bond donors (Lipinski definition) is 4. The van der Waals surface area contributed by atoms with E-state index in [1.165, 1.54) is 45.3 Å². The molecule has 129 heavy (non-hydrogen) atoms. The van der Waals surface area contributed by atoms with Gasteiger partial charge in [-0.2, -0.15) is 0 Å². The molecule has 32 nitrogen and oxygen atoms in total. The Morgan fingerprint density at radius 3 is 0.705 bits per heavy atom. The summed E-state index contributed by atoms with van der Waals surface area (Å²) in [4.78, 5) is 100. The number of fused-ring (bicyclic) bond motifs is 8. The van der Waals surface area contributed by atoms with E-state index >= 15 is 0 Å². The Labute approximate surface area is 755 Å². The fourth-order valence-corrected chi connectivity index (χ4v) is 16.4. The minimum Gasteiger partial charge on any atom is -0.482 e. The molecule has 0 amide bonds. The van der Waals surface area contributed by atoms with E-state index in [2.05, 4.69) is 0 Å². The predicted molar refractivity (Wildman–Crippen MR) is 487 cm³/mol. The second kappa shape index (κ2) is 54.4. The van der Waals surface area contributed by atoms with Crippen LogP contribution in [-0.4, -0.2) is 280 Å². The van der Waals surface area contributed by atoms with Gasteiger partial charge in [-0.3, -0.25) is 19.2 Å². The number of benzene rings is 8. The molecule has 0 bridgehead atoms. The number of carbonyl (C=O) groups excluding carboxylic acids is 4. The van der Waals surface area contributed by atoms with Gasteiger partial charge in [0.15, 0.2) is 48.1 Å². The Morgan fingerprint density at radius 2 is 0.457 bits per heavy atom. The van der Waals surface area contributed by atoms with Crippen molar-refractivity contribution in [2.45, 2.75) is 37.4 Å². The molecule has 690 valence electrons. The maximum Gasteiger partial charge on any atom is 0.344 e. The number of rotatable bonds is 58. The zero-order chi connectivity index (χ0) is 90.7. The largest absolute Gasteiger partial charge is 0.482 e. The average Bonchev–Trinajstić information content (AvgIpc) is 0.795. The van der Waals surface area contributed by atoms with Crippen LogP contribution in [0.15, 0.2) is 189 Å². The van der Waals surface area contributed by atoms with Crippen LogP contribution in [-0.2, 0) is 95.0 Å². The Bertz CT molecular complexity index is 5640. The topological polar surface area (TPSA) is 402 Å². The SMILES string of the molecule is CC(COCC(O)COC(=O)COc1ccc2sc3ccccc3c(=O)c2c1)OCC(O)COC(=O)COc1ccc2sc3ccccc3c(=O)c2c1.O=C(COc1ccc2sc3ccccc3c(=O)c2c1)OCC(O)COCCOCCOCCOCCOCCOCCOCCOCCOCCOCC(O)COC(=O)COc1ccc2sc3ccccc3c(=O)c2c1. The summed E-state index contributed by atoms with van der Waals surface area (Å²) in [6.07, 6.45) is -4.71. The van der Waals surface area contributed by atoms with Crippen molar-refractivity contribution < 1.29 is 134 Å². The van der Waals surface area contributed by atoms with E-state index in [1.54, 1.807) is 104 Å². The zero-order valence-electron chi connectivity index (χ0n) is 70.8. The van der Waals surface area contributed by atoms with Crippen molar-refractivity contribution in [1.82, 2.24) is 0 Å². The van der Waals surface area contributed by atoms with E-state index in [4.69, 9.17) is 94.7 Å². The average molecular weight is 1860 g/mol. The molecule has 5 unspecified atom stereocenters. The molecule has 8 aromatic carbocycles. The Morgan fingerprint density at radius 1 is 0.248 bits per heavy atom. The summed E-state index contributed by atoms with van der Waals surface area (Å²) in [7, 11) is 0. The maximum atomic E-state index is 12.9. The fraction of sp³-hybridized carbons (Fsp3) is 0.398. The molecule has 5 atom stereocenters. The molecule has 0 fully saturated rings. The van der Waals surface area contributed by atoms with Gasteiger partial charge in [-0.25, -0.2) is 19.2 Å². The molecular formula is C93H102O32S4. The van der Waals surface area contributed by atoms with Crippen molar-refractivity contribution >= 4 is 150 Å². The summed E-state index contributed by atoms with van der Waals surface area (Å²) in [5, 5.41) is 45.1. The molecule has 0 aliphatic rings. The van der Waals surface area contributed by atoms with Crippen molar-refractivity contribution in [2.24, 2.45) is 0 Å². The van der Waals surface area contributed by atoms with Gasteiger partial charge in [0.2, 0.25) is 0 Å². The highest BCUT2D eigenvalue weighted by Gasteiger charge is 2.20. The van der Waals surface area contributed by atoms with Gasteiger partial charge >= 0.3 is 23.9 Å². The summed E-state index contributed by atoms with van der Waals surface area (Å²) in [5.74, 6) is -1.30. The molecule has 4 aromatic heterocycles. The summed E-state index contributed by atoms with van der Waals surface area (Å²) in [5.41, 5.74) is -0.416. The van der Waals surface area contributed by atoms with E-state index in [9.17, 15) is 58.8 Å². The smallest absolute Gasteiger partial charge is 0.344 e. The first-order valence-corrected chi connectivity index (χ1v) is 44.8. The van der Waals surface area contributed by atoms with Gasteiger partial charge < -0.3 is 115 Å². The number of aliphatic hydroxyl groups is 4. The van der Waals surface area contributed by atoms with Crippen LogP contribution in [0.1, 0.15) is 6.92 Å². The van der Waals surface area contributed by atoms with Crippen LogP contribution in [0, 0.1) is 0 Å². The third-order valence-corrected chi connectivity index (χ3v) is 23.2. The second-order valence-corrected chi connectivity index (χ2v) is 32.9. The van der Waals surface area contributed by atoms with Crippen LogP contribution in [0.3, 0.4) is 0 Å². The quantitative estimate of drug-likeness (QED) is 0.0119. The van der Waals surface area contributed by atoms with Crippen LogP contribution >= 0.6 is 45.3 Å². The molecule has 0 saturated carbocycles. The van der Waals surface area contributed by atoms with E-state index in [0.29, 0.717) is 172 Å². The van der Waals surface area contributed by atoms with Crippen LogP contribution < -0.4 is 40.7 Å². The molecular weight excluding hydrogens is 1760 g/mol. The molecule has 0 radical (unpaired) electrons. The first-order valence-electron chi connectivity index (χ1n) is 41.5. The second-order valence-electron chi connectivity index (χ2n) is 28.6. The number of esters is 4. The number of aliphatic hydroxyl groups excluding tert-OH is 4. The zero-order valence-corrected chi connectivity index (χ0v) is 74.1. The molecule has 4 N–H and O–H groups in total. The molecule has 0 aliphatic carbocycles. The minimum atomic E-state index is -1.11. The van der Waals surface area contributed by atoms with Crippen molar-refractivity contribution in [3.05, 3.63) is 211 Å². The van der Waals surface area contributed by atoms with Crippen LogP contribution in [0.2, 0.25) is 0 Å². The molecule has 4 heterocycles. The monoisotopic (exact) mass is 1860 g/mol. The fourth-order valence-electron chi connectivity index (χ4n) is 12.2. The highest BCUT2D eigenvalue weighted by atomic mass is 32.1. The van der Waals surface area contributed by atoms with Gasteiger partial charge in [0.1, 0.15) is 73.8 Å². The Balaban J connectivity index is 0.000000265. The van der Waals surface area contributed by atoms with Gasteiger partial charge in [-0.05, 0) is 128 Å². The third-order valence-electron chi connectivity index (χ3n) is 18.6. The number of ether oxygens (including phenoxy) is 20. The van der Waals surface area contributed by atoms with E-state index < -0.39 is 67.6 Å². The van der Waals surface area contributed by atoms with Gasteiger partial charge in [-0.1, -0.05) is 48.5 Å². The van der Waals surface area contributed by atoms with Crippen LogP contribution in [0.4, 0.5) is 0 Å². The molecule has 12 aromatic rings. The predicted octanol–water partition coefficient (Wildman–Crippen LogP) is 9.41. The summed E-state index contributed by atoms with van der Waals surface area (Å²) < 4.78 is 115. The maximum absolute atomic E-state index is 12.9. The standard InChI is InChI=1S/C54H66O20S2.C39H36O12S2/c55-39(35-73-51(57)37-71-41-9-11-49-45(31-41)53(59)43-5-1-3-7-47(43)75-49)33-69-29-27-67-25-23-65-21-19-63-17-15-61-13-14-62-16-18-64-20-22-66-24-26-68-28-30-70-34-40(56)36-74-52(58)38-72-42-10-12-50-46(32-42)54(60)44-6-2-4-8-48(44)76-50;1-23(47-18-25(41)20-51-37(43)22-49-27-11-13-35-31(15-27)39(45)29-7-3-5-9-33(29)53-35)16-46-17-24(40)19-50-36(42)21-48-26-10-12-34-30(14-26)38(44)28-6-2-4-8-32(28)52-34/h1-12,31-32,39-40,55-56H,13-30,33-38H2;2-15,23-25,40-41H,16-22H2,1H3. The lowest BCUT2D eigenvalue weighted by Gasteiger charge is -2.18. The normalized spacial score (nSPS) is 12.7. The lowest BCUT2D eigenvalue weighted by molar-refractivity contribution is -0.152. The van der Waals surface area contributed by atoms with Gasteiger partial charge in [0.05, 0.1) is 158 Å². The van der Waals surface area contributed by atoms with Gasteiger partial charge in [-0.15, -0.1) is 45.3 Å². The first-order chi connectivity index (χ1) is 62.9. The summed E-state index contributed by atoms with van der Waals surface area (Å²) >= 11 is 6.00. The third kappa shape index (κ3) is 33.3. The molecule has 0 aliphatic heterocycles. The highest BCUT2D eigenvalue weighted by molar-refractivity contribution is 7.25. The minimum absolute atomic E-state index is 0.0384. The van der Waals surface area contributed by atoms with Crippen LogP contribution in [0.5, 0.6) is 23.0 Å². The molecule has 0 spiro atoms. The van der Waals surface area contributed by atoms with Crippen molar-refractivity contribution in [3.8, 4) is 23.0 Å². The Hall–Kier alpha value is -10.2. The Kier molecular flexibility index (Phi) is 41.9. The van der Waals surface area contributed by atoms with Gasteiger partial charge in [0.25, 0.3) is 0 Å². The molecule has 12 rings (SSSR count). The lowest BCUT2D eigenvalue weighted by atomic mass is 10.2. The van der Waals surface area contributed by atoms with E-state index in [0.717, 1.165) is 37.6 Å². The summed E-state index contributed by atoms with van der Waals surface area (Å²) in [6.45, 7) is 5.49. The van der Waals surface area contributed by atoms with Crippen molar-refractivity contribution in [2.75, 3.05) is 205 Å². The highest BCUT2D eigenvalue weighted by Crippen LogP contribution is 2.32. The lowest BCUT2D eigenvalue weighted by Crippen LogP contribution is -2.30. The van der Waals surface area contributed by atoms with E-state index in [-0.39, 0.29) is 108 Å². The van der Waals surface area contributed by atoms with Crippen LogP contribution in [0.25, 0.3) is 80.7 Å². The first kappa shape index (κ1) is 99.3. The summed E-state index contributed by atoms with van der Waals surface area (Å²) in [6, 6.07) is 49.8. The molecule has 36 heteroatoms.